The molecule has 0 unspecified atom stereocenters. The lowest BCUT2D eigenvalue weighted by molar-refractivity contribution is 0.0788. The SMILES string of the molecule is O=C(c1ccc(F)cc1)N1CC[C@H](n2c(-c3ccoc3)nc3cccnc32)C1. The number of fused-ring (bicyclic) bond motifs is 1. The van der Waals surface area contributed by atoms with Gasteiger partial charge in [0.25, 0.3) is 5.91 Å². The molecule has 0 saturated carbocycles. The van der Waals surface area contributed by atoms with Crippen LogP contribution in [0.4, 0.5) is 4.39 Å². The minimum absolute atomic E-state index is 0.0502. The molecule has 1 aliphatic heterocycles. The number of rotatable bonds is 3. The maximum absolute atomic E-state index is 13.2. The third-order valence-corrected chi connectivity index (χ3v) is 5.14. The van der Waals surface area contributed by atoms with Crippen LogP contribution in [0.15, 0.2) is 65.6 Å². The van der Waals surface area contributed by atoms with E-state index in [4.69, 9.17) is 9.40 Å². The summed E-state index contributed by atoms with van der Waals surface area (Å²) in [6.07, 6.45) is 5.81. The van der Waals surface area contributed by atoms with Crippen molar-refractivity contribution in [1.82, 2.24) is 19.4 Å². The lowest BCUT2D eigenvalue weighted by Gasteiger charge is -2.18. The summed E-state index contributed by atoms with van der Waals surface area (Å²) in [6, 6.07) is 11.4. The van der Waals surface area contributed by atoms with Gasteiger partial charge in [0.15, 0.2) is 5.65 Å². The van der Waals surface area contributed by atoms with Crippen LogP contribution in [0, 0.1) is 5.82 Å². The second kappa shape index (κ2) is 6.60. The molecule has 7 heteroatoms. The Hall–Kier alpha value is -3.48. The van der Waals surface area contributed by atoms with E-state index in [-0.39, 0.29) is 17.8 Å². The highest BCUT2D eigenvalue weighted by atomic mass is 19.1. The van der Waals surface area contributed by atoms with Gasteiger partial charge < -0.3 is 13.9 Å². The van der Waals surface area contributed by atoms with Crippen molar-refractivity contribution in [3.8, 4) is 11.4 Å². The Balaban J connectivity index is 1.49. The molecule has 4 aromatic rings. The molecule has 0 spiro atoms. The van der Waals surface area contributed by atoms with E-state index in [1.807, 2.05) is 18.2 Å². The number of aromatic nitrogens is 3. The highest BCUT2D eigenvalue weighted by Crippen LogP contribution is 2.32. The Kier molecular flexibility index (Phi) is 3.93. The van der Waals surface area contributed by atoms with Gasteiger partial charge in [-0.25, -0.2) is 14.4 Å². The minimum Gasteiger partial charge on any atom is -0.472 e. The molecule has 3 aromatic heterocycles. The fourth-order valence-electron chi connectivity index (χ4n) is 3.78. The summed E-state index contributed by atoms with van der Waals surface area (Å²) < 4.78 is 20.5. The number of likely N-dealkylation sites (tertiary alicyclic amines) is 1. The van der Waals surface area contributed by atoms with Crippen LogP contribution in [0.3, 0.4) is 0 Å². The predicted octanol–water partition coefficient (Wildman–Crippen LogP) is 3.92. The Morgan fingerprint density at radius 3 is 2.82 bits per heavy atom. The third-order valence-electron chi connectivity index (χ3n) is 5.14. The zero-order valence-corrected chi connectivity index (χ0v) is 15.0. The number of benzene rings is 1. The van der Waals surface area contributed by atoms with Crippen LogP contribution >= 0.6 is 0 Å². The van der Waals surface area contributed by atoms with E-state index < -0.39 is 0 Å². The molecule has 6 nitrogen and oxygen atoms in total. The highest BCUT2D eigenvalue weighted by Gasteiger charge is 2.31. The standard InChI is InChI=1S/C21H17FN4O2/c22-16-5-3-14(4-6-16)21(27)25-10-7-17(12-25)26-19(15-8-11-28-13-15)24-18-2-1-9-23-20(18)26/h1-6,8-9,11,13,17H,7,10,12H2/t17-/m0/s1. The van der Waals surface area contributed by atoms with Crippen molar-refractivity contribution in [2.75, 3.05) is 13.1 Å². The van der Waals surface area contributed by atoms with E-state index in [1.165, 1.54) is 24.3 Å². The smallest absolute Gasteiger partial charge is 0.253 e. The van der Waals surface area contributed by atoms with Crippen LogP contribution in [-0.4, -0.2) is 38.4 Å². The van der Waals surface area contributed by atoms with Gasteiger partial charge in [0, 0.05) is 24.8 Å². The molecular weight excluding hydrogens is 359 g/mol. The molecule has 1 atom stereocenters. The molecule has 0 N–H and O–H groups in total. The van der Waals surface area contributed by atoms with Gasteiger partial charge in [-0.1, -0.05) is 0 Å². The number of carbonyl (C=O) groups is 1. The summed E-state index contributed by atoms with van der Waals surface area (Å²) in [4.78, 5) is 23.8. The monoisotopic (exact) mass is 376 g/mol. The largest absolute Gasteiger partial charge is 0.472 e. The van der Waals surface area contributed by atoms with E-state index in [1.54, 1.807) is 23.6 Å². The molecule has 1 fully saturated rings. The zero-order valence-electron chi connectivity index (χ0n) is 15.0. The first-order valence-electron chi connectivity index (χ1n) is 9.11. The van der Waals surface area contributed by atoms with Crippen molar-refractivity contribution in [1.29, 1.82) is 0 Å². The fourth-order valence-corrected chi connectivity index (χ4v) is 3.78. The minimum atomic E-state index is -0.350. The summed E-state index contributed by atoms with van der Waals surface area (Å²) in [5, 5.41) is 0. The van der Waals surface area contributed by atoms with Crippen molar-refractivity contribution in [2.45, 2.75) is 12.5 Å². The normalized spacial score (nSPS) is 16.8. The molecule has 140 valence electrons. The van der Waals surface area contributed by atoms with E-state index in [0.717, 1.165) is 29.0 Å². The number of nitrogens with zero attached hydrogens (tertiary/aromatic N) is 4. The maximum Gasteiger partial charge on any atom is 0.253 e. The molecule has 1 saturated heterocycles. The number of furan rings is 1. The molecule has 0 aliphatic carbocycles. The number of pyridine rings is 1. The molecule has 0 bridgehead atoms. The lowest BCUT2D eigenvalue weighted by Crippen LogP contribution is -2.29. The van der Waals surface area contributed by atoms with Crippen LogP contribution in [0.2, 0.25) is 0 Å². The van der Waals surface area contributed by atoms with Gasteiger partial charge >= 0.3 is 0 Å². The van der Waals surface area contributed by atoms with Gasteiger partial charge in [0.2, 0.25) is 0 Å². The average Bonchev–Trinajstić information content (AvgIpc) is 3.46. The average molecular weight is 376 g/mol. The number of halogens is 1. The highest BCUT2D eigenvalue weighted by molar-refractivity contribution is 5.94. The summed E-state index contributed by atoms with van der Waals surface area (Å²) in [5.74, 6) is 0.338. The first-order chi connectivity index (χ1) is 13.7. The number of imidazole rings is 1. The zero-order chi connectivity index (χ0) is 19.1. The number of amides is 1. The maximum atomic E-state index is 13.2. The number of carbonyl (C=O) groups excluding carboxylic acids is 1. The van der Waals surface area contributed by atoms with Gasteiger partial charge in [-0.3, -0.25) is 4.79 Å². The van der Waals surface area contributed by atoms with Crippen molar-refractivity contribution >= 4 is 17.1 Å². The van der Waals surface area contributed by atoms with Gasteiger partial charge in [0.05, 0.1) is 17.9 Å². The van der Waals surface area contributed by atoms with Crippen molar-refractivity contribution in [2.24, 2.45) is 0 Å². The van der Waals surface area contributed by atoms with E-state index in [2.05, 4.69) is 9.55 Å². The van der Waals surface area contributed by atoms with Crippen LogP contribution in [-0.2, 0) is 0 Å². The molecule has 1 amide bonds. The van der Waals surface area contributed by atoms with E-state index in [0.29, 0.717) is 18.7 Å². The first kappa shape index (κ1) is 16.7. The number of hydrogen-bond acceptors (Lipinski definition) is 4. The Labute approximate surface area is 160 Å². The van der Waals surface area contributed by atoms with Crippen LogP contribution in [0.1, 0.15) is 22.8 Å². The van der Waals surface area contributed by atoms with Crippen molar-refractivity contribution < 1.29 is 13.6 Å². The third kappa shape index (κ3) is 2.76. The lowest BCUT2D eigenvalue weighted by atomic mass is 10.2. The molecule has 5 rings (SSSR count). The summed E-state index contributed by atoms with van der Waals surface area (Å²) in [5.41, 5.74) is 2.97. The summed E-state index contributed by atoms with van der Waals surface area (Å²) in [7, 11) is 0. The Morgan fingerprint density at radius 1 is 1.18 bits per heavy atom. The molecule has 0 radical (unpaired) electrons. The second-order valence-electron chi connectivity index (χ2n) is 6.86. The van der Waals surface area contributed by atoms with Crippen LogP contribution < -0.4 is 0 Å². The van der Waals surface area contributed by atoms with Gasteiger partial charge in [-0.15, -0.1) is 0 Å². The molecule has 4 heterocycles. The number of hydrogen-bond donors (Lipinski definition) is 0. The second-order valence-corrected chi connectivity index (χ2v) is 6.86. The van der Waals surface area contributed by atoms with Crippen molar-refractivity contribution in [3.63, 3.8) is 0 Å². The van der Waals surface area contributed by atoms with Gasteiger partial charge in [-0.2, -0.15) is 0 Å². The topological polar surface area (TPSA) is 64.2 Å². The van der Waals surface area contributed by atoms with Gasteiger partial charge in [0.1, 0.15) is 23.4 Å². The van der Waals surface area contributed by atoms with Crippen molar-refractivity contribution in [3.05, 3.63) is 72.6 Å². The van der Waals surface area contributed by atoms with Crippen LogP contribution in [0.5, 0.6) is 0 Å². The van der Waals surface area contributed by atoms with Gasteiger partial charge in [-0.05, 0) is 48.9 Å². The van der Waals surface area contributed by atoms with E-state index >= 15 is 0 Å². The van der Waals surface area contributed by atoms with Crippen LogP contribution in [0.25, 0.3) is 22.6 Å². The Bertz CT molecular complexity index is 1140. The quantitative estimate of drug-likeness (QED) is 0.544. The molecule has 28 heavy (non-hydrogen) atoms. The Morgan fingerprint density at radius 2 is 2.04 bits per heavy atom. The predicted molar refractivity (Wildman–Crippen MR) is 101 cm³/mol. The fraction of sp³-hybridized carbons (Fsp3) is 0.190. The summed E-state index contributed by atoms with van der Waals surface area (Å²) in [6.45, 7) is 1.17. The molecule has 1 aromatic carbocycles. The molecular formula is C21H17FN4O2. The first-order valence-corrected chi connectivity index (χ1v) is 9.11. The molecule has 1 aliphatic rings. The van der Waals surface area contributed by atoms with E-state index in [9.17, 15) is 9.18 Å². The summed E-state index contributed by atoms with van der Waals surface area (Å²) >= 11 is 0.